The summed E-state index contributed by atoms with van der Waals surface area (Å²) >= 11 is 1.58. The second-order valence-electron chi connectivity index (χ2n) is 3.48. The molecule has 2 rings (SSSR count). The first kappa shape index (κ1) is 13.3. The number of carbonyl (C=O) groups is 1. The lowest BCUT2D eigenvalue weighted by atomic mass is 10.2. The van der Waals surface area contributed by atoms with Crippen molar-refractivity contribution in [1.29, 1.82) is 0 Å². The maximum absolute atomic E-state index is 12.1. The van der Waals surface area contributed by atoms with Gasteiger partial charge in [-0.2, -0.15) is 0 Å². The van der Waals surface area contributed by atoms with Gasteiger partial charge < -0.3 is 4.74 Å². The molecule has 0 aliphatic heterocycles. The van der Waals surface area contributed by atoms with Gasteiger partial charge >= 0.3 is 0 Å². The molecule has 7 heteroatoms. The number of hydrogen-bond donors (Lipinski definition) is 1. The van der Waals surface area contributed by atoms with Crippen LogP contribution >= 0.6 is 11.8 Å². The highest BCUT2D eigenvalue weighted by Gasteiger charge is 2.13. The Balaban J connectivity index is 2.24. The average molecular weight is 276 g/mol. The average Bonchev–Trinajstić information content (AvgIpc) is 2.47. The molecular weight excluding hydrogens is 264 g/mol. The van der Waals surface area contributed by atoms with E-state index in [9.17, 15) is 4.79 Å². The summed E-state index contributed by atoms with van der Waals surface area (Å²) in [5, 5.41) is 2.58. The maximum Gasteiger partial charge on any atom is 0.261 e. The zero-order valence-corrected chi connectivity index (χ0v) is 11.3. The zero-order chi connectivity index (χ0) is 13.7. The van der Waals surface area contributed by atoms with E-state index in [1.54, 1.807) is 17.8 Å². The molecule has 19 heavy (non-hydrogen) atoms. The number of nitrogens with zero attached hydrogens (tertiary/aromatic N) is 3. The molecule has 1 N–H and O–H groups in total. The van der Waals surface area contributed by atoms with Crippen LogP contribution in [-0.4, -0.2) is 34.2 Å². The second-order valence-corrected chi connectivity index (χ2v) is 4.36. The summed E-state index contributed by atoms with van der Waals surface area (Å²) in [7, 11) is 1.53. The van der Waals surface area contributed by atoms with Crippen LogP contribution in [0.5, 0.6) is 5.75 Å². The van der Waals surface area contributed by atoms with Crippen molar-refractivity contribution in [2.24, 2.45) is 0 Å². The van der Waals surface area contributed by atoms with Gasteiger partial charge in [-0.15, -0.1) is 11.8 Å². The molecule has 1 aromatic heterocycles. The Kier molecular flexibility index (Phi) is 4.30. The SMILES string of the molecule is COc1cc(SC)ccc1C(=O)Nc1ncncn1. The standard InChI is InChI=1S/C12H12N4O2S/c1-18-10-5-8(19-2)3-4-9(10)11(17)16-12-14-6-13-7-15-12/h3-7H,1-2H3,(H,13,14,15,16,17). The van der Waals surface area contributed by atoms with E-state index in [1.165, 1.54) is 19.8 Å². The Morgan fingerprint density at radius 2 is 2.05 bits per heavy atom. The van der Waals surface area contributed by atoms with E-state index < -0.39 is 0 Å². The minimum atomic E-state index is -0.323. The molecule has 98 valence electrons. The summed E-state index contributed by atoms with van der Waals surface area (Å²) in [4.78, 5) is 24.5. The van der Waals surface area contributed by atoms with Gasteiger partial charge in [-0.05, 0) is 24.5 Å². The van der Waals surface area contributed by atoms with Crippen molar-refractivity contribution in [2.75, 3.05) is 18.7 Å². The zero-order valence-electron chi connectivity index (χ0n) is 10.5. The molecule has 6 nitrogen and oxygen atoms in total. The van der Waals surface area contributed by atoms with Gasteiger partial charge in [0, 0.05) is 4.90 Å². The van der Waals surface area contributed by atoms with Crippen LogP contribution in [-0.2, 0) is 0 Å². The smallest absolute Gasteiger partial charge is 0.261 e. The first-order valence-electron chi connectivity index (χ1n) is 5.40. The summed E-state index contributed by atoms with van der Waals surface area (Å²) in [6, 6.07) is 5.38. The number of benzene rings is 1. The molecule has 0 atom stereocenters. The first-order valence-corrected chi connectivity index (χ1v) is 6.62. The van der Waals surface area contributed by atoms with Crippen LogP contribution in [0.25, 0.3) is 0 Å². The number of hydrogen-bond acceptors (Lipinski definition) is 6. The first-order chi connectivity index (χ1) is 9.24. The second kappa shape index (κ2) is 6.14. The number of thioether (sulfide) groups is 1. The highest BCUT2D eigenvalue weighted by molar-refractivity contribution is 7.98. The predicted octanol–water partition coefficient (Wildman–Crippen LogP) is 1.85. The van der Waals surface area contributed by atoms with Gasteiger partial charge in [0.15, 0.2) is 0 Å². The van der Waals surface area contributed by atoms with E-state index >= 15 is 0 Å². The third kappa shape index (κ3) is 3.19. The van der Waals surface area contributed by atoms with Crippen LogP contribution in [0.3, 0.4) is 0 Å². The fourth-order valence-corrected chi connectivity index (χ4v) is 1.89. The molecule has 2 aromatic rings. The van der Waals surface area contributed by atoms with Crippen molar-refractivity contribution < 1.29 is 9.53 Å². The van der Waals surface area contributed by atoms with Crippen molar-refractivity contribution in [3.05, 3.63) is 36.4 Å². The van der Waals surface area contributed by atoms with E-state index in [1.807, 2.05) is 18.4 Å². The Bertz CT molecular complexity index is 577. The topological polar surface area (TPSA) is 77.0 Å². The van der Waals surface area contributed by atoms with Crippen LogP contribution in [0.2, 0.25) is 0 Å². The van der Waals surface area contributed by atoms with Crippen LogP contribution < -0.4 is 10.1 Å². The summed E-state index contributed by atoms with van der Waals surface area (Å²) in [6.07, 6.45) is 4.59. The molecule has 0 aliphatic carbocycles. The predicted molar refractivity (Wildman–Crippen MR) is 72.6 cm³/mol. The number of amides is 1. The fourth-order valence-electron chi connectivity index (χ4n) is 1.46. The number of ether oxygens (including phenoxy) is 1. The molecule has 1 amide bonds. The van der Waals surface area contributed by atoms with Crippen LogP contribution in [0.15, 0.2) is 35.7 Å². The molecular formula is C12H12N4O2S. The number of methoxy groups -OCH3 is 1. The minimum absolute atomic E-state index is 0.205. The quantitative estimate of drug-likeness (QED) is 0.859. The van der Waals surface area contributed by atoms with E-state index in [0.29, 0.717) is 11.3 Å². The normalized spacial score (nSPS) is 10.0. The third-order valence-corrected chi connectivity index (χ3v) is 3.10. The number of aromatic nitrogens is 3. The van der Waals surface area contributed by atoms with Crippen molar-refractivity contribution in [3.8, 4) is 5.75 Å². The molecule has 0 saturated carbocycles. The van der Waals surface area contributed by atoms with Crippen molar-refractivity contribution in [2.45, 2.75) is 4.90 Å². The van der Waals surface area contributed by atoms with E-state index in [0.717, 1.165) is 4.90 Å². The van der Waals surface area contributed by atoms with E-state index in [4.69, 9.17) is 4.74 Å². The maximum atomic E-state index is 12.1. The Morgan fingerprint density at radius 3 is 2.68 bits per heavy atom. The van der Waals surface area contributed by atoms with Crippen LogP contribution in [0.4, 0.5) is 5.95 Å². The van der Waals surface area contributed by atoms with Gasteiger partial charge in [-0.1, -0.05) is 0 Å². The van der Waals surface area contributed by atoms with Crippen molar-refractivity contribution >= 4 is 23.6 Å². The molecule has 0 spiro atoms. The van der Waals surface area contributed by atoms with Gasteiger partial charge in [0.05, 0.1) is 12.7 Å². The Labute approximate surface area is 114 Å². The van der Waals surface area contributed by atoms with Gasteiger partial charge in [-0.25, -0.2) is 15.0 Å². The van der Waals surface area contributed by atoms with Gasteiger partial charge in [-0.3, -0.25) is 10.1 Å². The summed E-state index contributed by atoms with van der Waals surface area (Å²) in [5.41, 5.74) is 0.431. The molecule has 0 saturated heterocycles. The van der Waals surface area contributed by atoms with Gasteiger partial charge in [0.25, 0.3) is 5.91 Å². The highest BCUT2D eigenvalue weighted by atomic mass is 32.2. The molecule has 0 bridgehead atoms. The molecule has 0 radical (unpaired) electrons. The fraction of sp³-hybridized carbons (Fsp3) is 0.167. The number of carbonyl (C=O) groups excluding carboxylic acids is 1. The third-order valence-electron chi connectivity index (χ3n) is 2.37. The summed E-state index contributed by atoms with van der Waals surface area (Å²) in [6.45, 7) is 0. The molecule has 0 unspecified atom stereocenters. The van der Waals surface area contributed by atoms with Gasteiger partial charge in [0.2, 0.25) is 5.95 Å². The Hall–Kier alpha value is -2.15. The van der Waals surface area contributed by atoms with Crippen molar-refractivity contribution in [3.63, 3.8) is 0 Å². The van der Waals surface area contributed by atoms with Crippen LogP contribution in [0, 0.1) is 0 Å². The summed E-state index contributed by atoms with van der Waals surface area (Å²) in [5.74, 6) is 0.394. The number of rotatable bonds is 4. The van der Waals surface area contributed by atoms with Gasteiger partial charge in [0.1, 0.15) is 18.4 Å². The lowest BCUT2D eigenvalue weighted by Crippen LogP contribution is -2.15. The molecule has 1 heterocycles. The minimum Gasteiger partial charge on any atom is -0.496 e. The van der Waals surface area contributed by atoms with E-state index in [2.05, 4.69) is 20.3 Å². The molecule has 0 aliphatic rings. The molecule has 0 fully saturated rings. The number of nitrogens with one attached hydrogen (secondary N) is 1. The lowest BCUT2D eigenvalue weighted by molar-refractivity contribution is 0.102. The van der Waals surface area contributed by atoms with Crippen LogP contribution in [0.1, 0.15) is 10.4 Å². The Morgan fingerprint density at radius 1 is 1.32 bits per heavy atom. The molecule has 1 aromatic carbocycles. The van der Waals surface area contributed by atoms with Crippen molar-refractivity contribution in [1.82, 2.24) is 15.0 Å². The largest absolute Gasteiger partial charge is 0.496 e. The highest BCUT2D eigenvalue weighted by Crippen LogP contribution is 2.25. The summed E-state index contributed by atoms with van der Waals surface area (Å²) < 4.78 is 5.22. The lowest BCUT2D eigenvalue weighted by Gasteiger charge is -2.09. The monoisotopic (exact) mass is 276 g/mol. The number of anilines is 1. The van der Waals surface area contributed by atoms with E-state index in [-0.39, 0.29) is 11.9 Å².